The Morgan fingerprint density at radius 3 is 2.68 bits per heavy atom. The molecule has 2 N–H and O–H groups in total. The first-order valence-corrected chi connectivity index (χ1v) is 11.4. The van der Waals surface area contributed by atoms with Crippen LogP contribution < -0.4 is 5.32 Å². The van der Waals surface area contributed by atoms with Crippen molar-refractivity contribution in [2.45, 2.75) is 13.5 Å². The van der Waals surface area contributed by atoms with Gasteiger partial charge in [0, 0.05) is 32.1 Å². The van der Waals surface area contributed by atoms with E-state index in [0.717, 1.165) is 11.3 Å². The standard InChI is InChI=1S/C24H22N10O4/c1-14-21(34(37)38)18(32(3)30-14)13-31(2)23(36)16-11-25-29-20(16)22(35)27-19-9-10-33-12-17(26-24(33)28-19)15-7-5-4-6-8-15/h4-12H,13H2,1-3H3,(H,25,29)(H,26,27,28,35). The van der Waals surface area contributed by atoms with E-state index in [4.69, 9.17) is 0 Å². The third-order valence-corrected chi connectivity index (χ3v) is 5.96. The molecule has 2 amide bonds. The molecule has 0 unspecified atom stereocenters. The van der Waals surface area contributed by atoms with Crippen molar-refractivity contribution < 1.29 is 14.5 Å². The number of nitro groups is 1. The second kappa shape index (κ2) is 9.57. The SMILES string of the molecule is Cc1nn(C)c(CN(C)C(=O)c2cn[nH]c2C(=O)Nc2ccn3cc(-c4ccccc4)nc3n2)c1[N+](=O)[O-]. The molecule has 0 aliphatic heterocycles. The van der Waals surface area contributed by atoms with Gasteiger partial charge in [-0.3, -0.25) is 33.9 Å². The van der Waals surface area contributed by atoms with Crippen molar-refractivity contribution in [1.82, 2.24) is 39.2 Å². The van der Waals surface area contributed by atoms with Crippen LogP contribution in [0.4, 0.5) is 11.5 Å². The van der Waals surface area contributed by atoms with E-state index in [0.29, 0.717) is 5.78 Å². The number of hydrogen-bond donors (Lipinski definition) is 2. The highest BCUT2D eigenvalue weighted by atomic mass is 16.6. The molecular weight excluding hydrogens is 492 g/mol. The van der Waals surface area contributed by atoms with Gasteiger partial charge < -0.3 is 10.2 Å². The number of nitrogens with zero attached hydrogens (tertiary/aromatic N) is 8. The zero-order valence-corrected chi connectivity index (χ0v) is 20.6. The summed E-state index contributed by atoms with van der Waals surface area (Å²) in [7, 11) is 3.04. The number of carbonyl (C=O) groups is 2. The van der Waals surface area contributed by atoms with Crippen LogP contribution in [0.5, 0.6) is 0 Å². The minimum absolute atomic E-state index is 0.000189. The lowest BCUT2D eigenvalue weighted by molar-refractivity contribution is -0.386. The molecule has 5 rings (SSSR count). The zero-order valence-electron chi connectivity index (χ0n) is 20.6. The third-order valence-electron chi connectivity index (χ3n) is 5.96. The molecule has 38 heavy (non-hydrogen) atoms. The van der Waals surface area contributed by atoms with Crippen LogP contribution in [0.1, 0.15) is 32.2 Å². The summed E-state index contributed by atoms with van der Waals surface area (Å²) in [4.78, 5) is 47.3. The van der Waals surface area contributed by atoms with Crippen LogP contribution in [0.3, 0.4) is 0 Å². The van der Waals surface area contributed by atoms with Gasteiger partial charge >= 0.3 is 5.69 Å². The number of nitrogens with one attached hydrogen (secondary N) is 2. The lowest BCUT2D eigenvalue weighted by Crippen LogP contribution is -2.29. The minimum Gasteiger partial charge on any atom is -0.335 e. The average molecular weight is 515 g/mol. The monoisotopic (exact) mass is 514 g/mol. The first-order chi connectivity index (χ1) is 18.2. The van der Waals surface area contributed by atoms with Crippen LogP contribution in [0.15, 0.2) is 55.0 Å². The summed E-state index contributed by atoms with van der Waals surface area (Å²) in [5.41, 5.74) is 1.93. The normalized spacial score (nSPS) is 11.0. The minimum atomic E-state index is -0.631. The Kier molecular flexibility index (Phi) is 6.12. The molecule has 14 heteroatoms. The van der Waals surface area contributed by atoms with E-state index in [1.54, 1.807) is 23.7 Å². The lowest BCUT2D eigenvalue weighted by Gasteiger charge is -2.16. The average Bonchev–Trinajstić information content (AvgIpc) is 3.61. The number of imidazole rings is 1. The molecule has 0 atom stereocenters. The number of aromatic nitrogens is 7. The molecule has 192 valence electrons. The van der Waals surface area contributed by atoms with Crippen LogP contribution in [0, 0.1) is 17.0 Å². The van der Waals surface area contributed by atoms with Crippen molar-refractivity contribution in [2.24, 2.45) is 7.05 Å². The van der Waals surface area contributed by atoms with Crippen LogP contribution in [0.25, 0.3) is 17.0 Å². The van der Waals surface area contributed by atoms with Gasteiger partial charge in [-0.1, -0.05) is 30.3 Å². The molecule has 0 saturated heterocycles. The largest absolute Gasteiger partial charge is 0.335 e. The summed E-state index contributed by atoms with van der Waals surface area (Å²) in [5, 5.41) is 24.6. The summed E-state index contributed by atoms with van der Waals surface area (Å²) in [5.74, 6) is -0.570. The molecule has 0 fully saturated rings. The van der Waals surface area contributed by atoms with Crippen LogP contribution >= 0.6 is 0 Å². The molecule has 1 aromatic carbocycles. The first kappa shape index (κ1) is 24.3. The van der Waals surface area contributed by atoms with Gasteiger partial charge in [0.05, 0.1) is 28.9 Å². The summed E-state index contributed by atoms with van der Waals surface area (Å²) in [6.07, 6.45) is 4.78. The molecule has 0 radical (unpaired) electrons. The van der Waals surface area contributed by atoms with Crippen molar-refractivity contribution in [2.75, 3.05) is 12.4 Å². The fourth-order valence-corrected chi connectivity index (χ4v) is 4.10. The number of rotatable bonds is 7. The Morgan fingerprint density at radius 1 is 1.18 bits per heavy atom. The van der Waals surface area contributed by atoms with Crippen LogP contribution in [0.2, 0.25) is 0 Å². The molecule has 0 aliphatic rings. The highest BCUT2D eigenvalue weighted by Gasteiger charge is 2.28. The van der Waals surface area contributed by atoms with Gasteiger partial charge in [-0.25, -0.2) is 4.98 Å². The van der Waals surface area contributed by atoms with Crippen LogP contribution in [-0.2, 0) is 13.6 Å². The van der Waals surface area contributed by atoms with Crippen molar-refractivity contribution >= 4 is 29.1 Å². The van der Waals surface area contributed by atoms with E-state index in [-0.39, 0.29) is 40.7 Å². The smallest absolute Gasteiger partial charge is 0.314 e. The zero-order chi connectivity index (χ0) is 27.0. The van der Waals surface area contributed by atoms with E-state index in [1.807, 2.05) is 36.5 Å². The van der Waals surface area contributed by atoms with Gasteiger partial charge in [0.15, 0.2) is 0 Å². The molecule has 0 bridgehead atoms. The van der Waals surface area contributed by atoms with Gasteiger partial charge in [0.1, 0.15) is 22.9 Å². The van der Waals surface area contributed by atoms with E-state index in [1.165, 1.54) is 29.7 Å². The van der Waals surface area contributed by atoms with Crippen molar-refractivity contribution in [1.29, 1.82) is 0 Å². The van der Waals surface area contributed by atoms with Crippen molar-refractivity contribution in [3.8, 4) is 11.3 Å². The number of carbonyl (C=O) groups excluding carboxylic acids is 2. The number of amides is 2. The number of aryl methyl sites for hydroxylation is 2. The molecule has 4 aromatic heterocycles. The Hall–Kier alpha value is -5.40. The molecule has 0 aliphatic carbocycles. The van der Waals surface area contributed by atoms with Gasteiger partial charge in [-0.2, -0.15) is 15.2 Å². The first-order valence-electron chi connectivity index (χ1n) is 11.4. The van der Waals surface area contributed by atoms with Gasteiger partial charge in [-0.15, -0.1) is 0 Å². The predicted octanol–water partition coefficient (Wildman–Crippen LogP) is 2.59. The maximum atomic E-state index is 13.2. The number of fused-ring (bicyclic) bond motifs is 1. The Bertz CT molecular complexity index is 1690. The van der Waals surface area contributed by atoms with Gasteiger partial charge in [-0.05, 0) is 13.0 Å². The molecular formula is C24H22N10O4. The van der Waals surface area contributed by atoms with E-state index < -0.39 is 16.7 Å². The van der Waals surface area contributed by atoms with Crippen LogP contribution in [-0.4, -0.2) is 63.0 Å². The molecule has 4 heterocycles. The summed E-state index contributed by atoms with van der Waals surface area (Å²) in [6.45, 7) is 1.43. The van der Waals surface area contributed by atoms with Crippen molar-refractivity contribution in [3.05, 3.63) is 87.7 Å². The number of anilines is 1. The quantitative estimate of drug-likeness (QED) is 0.247. The predicted molar refractivity (Wildman–Crippen MR) is 135 cm³/mol. The van der Waals surface area contributed by atoms with E-state index >= 15 is 0 Å². The fourth-order valence-electron chi connectivity index (χ4n) is 4.10. The second-order valence-corrected chi connectivity index (χ2v) is 8.55. The topological polar surface area (TPSA) is 169 Å². The number of hydrogen-bond acceptors (Lipinski definition) is 8. The van der Waals surface area contributed by atoms with E-state index in [9.17, 15) is 19.7 Å². The molecule has 5 aromatic rings. The molecule has 0 saturated carbocycles. The van der Waals surface area contributed by atoms with Gasteiger partial charge in [0.2, 0.25) is 5.78 Å². The third kappa shape index (κ3) is 4.45. The lowest BCUT2D eigenvalue weighted by atomic mass is 10.2. The molecule has 14 nitrogen and oxygen atoms in total. The maximum Gasteiger partial charge on any atom is 0.314 e. The highest BCUT2D eigenvalue weighted by Crippen LogP contribution is 2.24. The number of aromatic amines is 1. The number of H-pyrrole nitrogens is 1. The summed E-state index contributed by atoms with van der Waals surface area (Å²) < 4.78 is 3.10. The van der Waals surface area contributed by atoms with Gasteiger partial charge in [0.25, 0.3) is 11.8 Å². The highest BCUT2D eigenvalue weighted by molar-refractivity contribution is 6.10. The Balaban J connectivity index is 1.34. The van der Waals surface area contributed by atoms with Crippen molar-refractivity contribution in [3.63, 3.8) is 0 Å². The summed E-state index contributed by atoms with van der Waals surface area (Å²) in [6, 6.07) is 11.2. The fraction of sp³-hybridized carbons (Fsp3) is 0.167. The van der Waals surface area contributed by atoms with E-state index in [2.05, 4.69) is 30.6 Å². The summed E-state index contributed by atoms with van der Waals surface area (Å²) >= 11 is 0. The number of benzene rings is 1. The maximum absolute atomic E-state index is 13.2. The Morgan fingerprint density at radius 2 is 1.95 bits per heavy atom. The Labute approximate surface area is 215 Å². The molecule has 0 spiro atoms. The second-order valence-electron chi connectivity index (χ2n) is 8.55.